The number of aliphatic hydroxyl groups is 2. The van der Waals surface area contributed by atoms with Crippen LogP contribution in [0.3, 0.4) is 0 Å². The fourth-order valence-electron chi connectivity index (χ4n) is 6.91. The molecule has 4 aliphatic carbocycles. The maximum Gasteiger partial charge on any atom is 0.159 e. The maximum atomic E-state index is 13.0. The summed E-state index contributed by atoms with van der Waals surface area (Å²) in [5, 5.41) is 21.4. The van der Waals surface area contributed by atoms with Crippen LogP contribution in [0.5, 0.6) is 0 Å². The zero-order valence-corrected chi connectivity index (χ0v) is 17.9. The molecular formula is C25H34O4. The maximum absolute atomic E-state index is 13.0. The van der Waals surface area contributed by atoms with Crippen LogP contribution in [0.15, 0.2) is 35.5 Å². The van der Waals surface area contributed by atoms with E-state index < -0.39 is 11.7 Å². The van der Waals surface area contributed by atoms with Gasteiger partial charge in [-0.15, -0.1) is 0 Å². The topological polar surface area (TPSA) is 74.6 Å². The average Bonchev–Trinajstić information content (AvgIpc) is 2.81. The predicted molar refractivity (Wildman–Crippen MR) is 112 cm³/mol. The van der Waals surface area contributed by atoms with E-state index in [2.05, 4.69) is 13.0 Å². The first-order valence-corrected chi connectivity index (χ1v) is 11.2. The molecule has 0 aromatic heterocycles. The number of fused-ring (bicyclic) bond motifs is 6. The van der Waals surface area contributed by atoms with E-state index in [1.54, 1.807) is 6.08 Å². The van der Waals surface area contributed by atoms with E-state index >= 15 is 0 Å². The SMILES string of the molecule is CC(=O)/C=C/[C@](C)(O)[C@@H]1CC[C@H]2C3=CC(=O)[C@H]4CC(=CC[C@H](O)C4)[C@H]3CC[C@]12C. The fraction of sp³-hybridized carbons (Fsp3) is 0.680. The summed E-state index contributed by atoms with van der Waals surface area (Å²) in [7, 11) is 0. The van der Waals surface area contributed by atoms with Gasteiger partial charge in [0.1, 0.15) is 0 Å². The number of rotatable bonds is 3. The number of hydrogen-bond donors (Lipinski definition) is 2. The van der Waals surface area contributed by atoms with Gasteiger partial charge in [0.15, 0.2) is 11.6 Å². The van der Waals surface area contributed by atoms with Crippen molar-refractivity contribution in [2.75, 3.05) is 0 Å². The van der Waals surface area contributed by atoms with Crippen LogP contribution >= 0.6 is 0 Å². The third-order valence-corrected chi connectivity index (χ3v) is 8.32. The summed E-state index contributed by atoms with van der Waals surface area (Å²) < 4.78 is 0. The monoisotopic (exact) mass is 398 g/mol. The molecule has 4 rings (SSSR count). The zero-order chi connectivity index (χ0) is 21.0. The second-order valence-electron chi connectivity index (χ2n) is 10.3. The Balaban J connectivity index is 1.68. The van der Waals surface area contributed by atoms with Gasteiger partial charge in [0.25, 0.3) is 0 Å². The van der Waals surface area contributed by atoms with Crippen molar-refractivity contribution in [3.63, 3.8) is 0 Å². The van der Waals surface area contributed by atoms with E-state index in [0.29, 0.717) is 24.7 Å². The highest BCUT2D eigenvalue weighted by Gasteiger charge is 2.57. The Morgan fingerprint density at radius 1 is 1.31 bits per heavy atom. The van der Waals surface area contributed by atoms with E-state index in [4.69, 9.17) is 0 Å². The zero-order valence-electron chi connectivity index (χ0n) is 17.9. The van der Waals surface area contributed by atoms with Crippen molar-refractivity contribution in [2.24, 2.45) is 29.1 Å². The molecular weight excluding hydrogens is 364 g/mol. The number of carbonyl (C=O) groups is 2. The Kier molecular flexibility index (Phi) is 5.23. The molecule has 0 unspecified atom stereocenters. The van der Waals surface area contributed by atoms with Gasteiger partial charge >= 0.3 is 0 Å². The third kappa shape index (κ3) is 3.59. The van der Waals surface area contributed by atoms with Crippen LogP contribution in [0.25, 0.3) is 0 Å². The molecule has 0 heterocycles. The molecule has 0 aromatic rings. The number of carbonyl (C=O) groups excluding carboxylic acids is 2. The van der Waals surface area contributed by atoms with Gasteiger partial charge in [-0.1, -0.05) is 24.1 Å². The number of hydrogen-bond acceptors (Lipinski definition) is 4. The summed E-state index contributed by atoms with van der Waals surface area (Å²) in [4.78, 5) is 24.4. The first-order valence-electron chi connectivity index (χ1n) is 11.2. The summed E-state index contributed by atoms with van der Waals surface area (Å²) in [6, 6.07) is 0. The third-order valence-electron chi connectivity index (χ3n) is 8.32. The molecule has 0 saturated heterocycles. The molecule has 2 saturated carbocycles. The average molecular weight is 399 g/mol. The van der Waals surface area contributed by atoms with Crippen molar-refractivity contribution >= 4 is 11.6 Å². The Bertz CT molecular complexity index is 802. The lowest BCUT2D eigenvalue weighted by molar-refractivity contribution is -0.119. The van der Waals surface area contributed by atoms with Crippen LogP contribution < -0.4 is 0 Å². The smallest absolute Gasteiger partial charge is 0.159 e. The van der Waals surface area contributed by atoms with Gasteiger partial charge in [-0.05, 0) is 94.3 Å². The Labute approximate surface area is 173 Å². The number of aliphatic hydroxyl groups excluding tert-OH is 1. The normalized spacial score (nSPS) is 41.6. The summed E-state index contributed by atoms with van der Waals surface area (Å²) in [5.41, 5.74) is 1.50. The molecule has 158 valence electrons. The Morgan fingerprint density at radius 3 is 2.79 bits per heavy atom. The highest BCUT2D eigenvalue weighted by atomic mass is 16.3. The van der Waals surface area contributed by atoms with Gasteiger partial charge in [-0.3, -0.25) is 9.59 Å². The van der Waals surface area contributed by atoms with Gasteiger partial charge in [-0.2, -0.15) is 0 Å². The summed E-state index contributed by atoms with van der Waals surface area (Å²) in [6.45, 7) is 5.60. The molecule has 4 aliphatic rings. The van der Waals surface area contributed by atoms with Gasteiger partial charge in [0.05, 0.1) is 11.7 Å². The molecule has 2 bridgehead atoms. The largest absolute Gasteiger partial charge is 0.393 e. The minimum Gasteiger partial charge on any atom is -0.393 e. The van der Waals surface area contributed by atoms with Gasteiger partial charge in [-0.25, -0.2) is 0 Å². The van der Waals surface area contributed by atoms with Crippen molar-refractivity contribution in [1.29, 1.82) is 0 Å². The summed E-state index contributed by atoms with van der Waals surface area (Å²) in [5.74, 6) is 0.687. The van der Waals surface area contributed by atoms with Crippen molar-refractivity contribution < 1.29 is 19.8 Å². The van der Waals surface area contributed by atoms with Crippen LogP contribution in [0.4, 0.5) is 0 Å². The van der Waals surface area contributed by atoms with E-state index in [1.807, 2.05) is 13.0 Å². The predicted octanol–water partition coefficient (Wildman–Crippen LogP) is 3.92. The van der Waals surface area contributed by atoms with E-state index in [0.717, 1.165) is 32.1 Å². The molecule has 29 heavy (non-hydrogen) atoms. The van der Waals surface area contributed by atoms with E-state index in [-0.39, 0.29) is 28.8 Å². The van der Waals surface area contributed by atoms with Crippen molar-refractivity contribution in [3.8, 4) is 0 Å². The molecule has 2 fully saturated rings. The Hall–Kier alpha value is -1.52. The van der Waals surface area contributed by atoms with Crippen molar-refractivity contribution in [3.05, 3.63) is 35.5 Å². The summed E-state index contributed by atoms with van der Waals surface area (Å²) in [6.07, 6.45) is 12.7. The molecule has 0 spiro atoms. The lowest BCUT2D eigenvalue weighted by atomic mass is 9.57. The fourth-order valence-corrected chi connectivity index (χ4v) is 6.91. The van der Waals surface area contributed by atoms with Gasteiger partial charge < -0.3 is 10.2 Å². The molecule has 0 aliphatic heterocycles. The van der Waals surface area contributed by atoms with Gasteiger partial charge in [0, 0.05) is 11.8 Å². The second kappa shape index (κ2) is 7.31. The van der Waals surface area contributed by atoms with Crippen LogP contribution in [0.2, 0.25) is 0 Å². The summed E-state index contributed by atoms with van der Waals surface area (Å²) >= 11 is 0. The first kappa shape index (κ1) is 20.7. The van der Waals surface area contributed by atoms with Crippen LogP contribution in [-0.2, 0) is 9.59 Å². The highest BCUT2D eigenvalue weighted by molar-refractivity contribution is 5.93. The van der Waals surface area contributed by atoms with Crippen molar-refractivity contribution in [1.82, 2.24) is 0 Å². The minimum atomic E-state index is -1.03. The van der Waals surface area contributed by atoms with Crippen LogP contribution in [-0.4, -0.2) is 33.5 Å². The highest BCUT2D eigenvalue weighted by Crippen LogP contribution is 2.63. The van der Waals surface area contributed by atoms with E-state index in [1.165, 1.54) is 24.1 Å². The first-order chi connectivity index (χ1) is 13.6. The van der Waals surface area contributed by atoms with Crippen LogP contribution in [0.1, 0.15) is 65.7 Å². The molecule has 4 heteroatoms. The number of allylic oxidation sites excluding steroid dienone is 4. The lowest BCUT2D eigenvalue weighted by Gasteiger charge is -2.49. The lowest BCUT2D eigenvalue weighted by Crippen LogP contribution is -2.45. The van der Waals surface area contributed by atoms with Crippen LogP contribution in [0, 0.1) is 29.1 Å². The van der Waals surface area contributed by atoms with E-state index in [9.17, 15) is 19.8 Å². The van der Waals surface area contributed by atoms with Gasteiger partial charge in [0.2, 0.25) is 0 Å². The number of ketones is 2. The second-order valence-corrected chi connectivity index (χ2v) is 10.3. The minimum absolute atomic E-state index is 0.0526. The molecule has 4 nitrogen and oxygen atoms in total. The molecule has 0 amide bonds. The standard InChI is InChI=1S/C25H34O4/c1-15(26)8-11-25(3,29)23-7-6-21-20-14-22(28)17-12-16(4-5-18(27)13-17)19(20)9-10-24(21,23)2/h4,8,11,14,17-19,21,23,27,29H,5-7,9-10,12-13H2,1-3H3/b11-8+/t17-,18-,19+,21-,23+,24-,25-/m0/s1. The molecule has 2 N–H and O–H groups in total. The quantitative estimate of drug-likeness (QED) is 0.558. The van der Waals surface area contributed by atoms with Crippen molar-refractivity contribution in [2.45, 2.75) is 77.4 Å². The Morgan fingerprint density at radius 2 is 2.07 bits per heavy atom. The molecule has 7 atom stereocenters. The molecule has 0 radical (unpaired) electrons. The molecule has 0 aromatic carbocycles.